The molecule has 0 radical (unpaired) electrons. The van der Waals surface area contributed by atoms with Gasteiger partial charge < -0.3 is 16.0 Å². The SMILES string of the molecule is CC1CCc2c1nc1c(c2NC(=O)NS(C)(N)(=O)C(=N)/C=C2\NCCNC2=O)CCC1. The Morgan fingerprint density at radius 1 is 1.26 bits per heavy atom. The van der Waals surface area contributed by atoms with Crippen LogP contribution in [0.2, 0.25) is 0 Å². The number of carbonyl (C=O) groups excluding carboxylic acids is 2. The van der Waals surface area contributed by atoms with E-state index < -0.39 is 26.4 Å². The largest absolute Gasteiger partial charge is 0.379 e. The van der Waals surface area contributed by atoms with Crippen molar-refractivity contribution in [3.05, 3.63) is 34.3 Å². The molecule has 3 aliphatic rings. The van der Waals surface area contributed by atoms with Crippen LogP contribution in [0.5, 0.6) is 0 Å². The van der Waals surface area contributed by atoms with Crippen LogP contribution < -0.4 is 25.8 Å². The third-order valence-corrected chi connectivity index (χ3v) is 7.93. The van der Waals surface area contributed by atoms with E-state index in [4.69, 9.17) is 15.5 Å². The van der Waals surface area contributed by atoms with Gasteiger partial charge in [0.15, 0.2) is 0 Å². The van der Waals surface area contributed by atoms with E-state index in [2.05, 4.69) is 27.6 Å². The van der Waals surface area contributed by atoms with E-state index in [9.17, 15) is 13.8 Å². The van der Waals surface area contributed by atoms with E-state index in [-0.39, 0.29) is 5.70 Å². The van der Waals surface area contributed by atoms with Crippen LogP contribution in [0.15, 0.2) is 11.8 Å². The first-order valence-electron chi connectivity index (χ1n) is 10.4. The molecule has 1 atom stereocenters. The summed E-state index contributed by atoms with van der Waals surface area (Å²) < 4.78 is 15.7. The molecule has 0 saturated carbocycles. The van der Waals surface area contributed by atoms with Crippen molar-refractivity contribution in [2.24, 2.45) is 5.14 Å². The lowest BCUT2D eigenvalue weighted by molar-refractivity contribution is -0.118. The Morgan fingerprint density at radius 3 is 2.74 bits per heavy atom. The first-order valence-corrected chi connectivity index (χ1v) is 12.9. The molecule has 1 aliphatic heterocycles. The number of nitrogens with one attached hydrogen (secondary N) is 5. The van der Waals surface area contributed by atoms with E-state index in [1.807, 2.05) is 0 Å². The number of aromatic nitrogens is 1. The Balaban J connectivity index is 1.57. The van der Waals surface area contributed by atoms with E-state index in [1.54, 1.807) is 0 Å². The predicted molar refractivity (Wildman–Crippen MR) is 120 cm³/mol. The van der Waals surface area contributed by atoms with Crippen LogP contribution in [-0.2, 0) is 33.5 Å². The number of rotatable bonds is 2. The van der Waals surface area contributed by atoms with Crippen molar-refractivity contribution in [1.29, 1.82) is 5.41 Å². The van der Waals surface area contributed by atoms with Crippen molar-refractivity contribution in [3.8, 4) is 0 Å². The molecular weight excluding hydrogens is 418 g/mol. The molecule has 2 heterocycles. The van der Waals surface area contributed by atoms with Gasteiger partial charge in [-0.3, -0.25) is 25.0 Å². The zero-order valence-electron chi connectivity index (χ0n) is 17.8. The smallest absolute Gasteiger partial charge is 0.330 e. The lowest BCUT2D eigenvalue weighted by atomic mass is 10.0. The van der Waals surface area contributed by atoms with Crippen LogP contribution in [0, 0.1) is 5.41 Å². The monoisotopic (exact) mass is 447 g/mol. The second-order valence-electron chi connectivity index (χ2n) is 8.64. The predicted octanol–water partition coefficient (Wildman–Crippen LogP) is 0.561. The van der Waals surface area contributed by atoms with E-state index in [1.165, 1.54) is 0 Å². The van der Waals surface area contributed by atoms with Gasteiger partial charge in [0.05, 0.1) is 15.1 Å². The van der Waals surface area contributed by atoms with E-state index >= 15 is 0 Å². The number of carbonyl (C=O) groups is 2. The molecule has 1 fully saturated rings. The van der Waals surface area contributed by atoms with Gasteiger partial charge in [0.1, 0.15) is 10.7 Å². The minimum absolute atomic E-state index is 0.0865. The molecule has 1 saturated heterocycles. The number of pyridine rings is 1. The van der Waals surface area contributed by atoms with Gasteiger partial charge in [-0.05, 0) is 49.1 Å². The summed E-state index contributed by atoms with van der Waals surface area (Å²) in [6.45, 7) is 3.07. The maximum atomic E-state index is 13.4. The van der Waals surface area contributed by atoms with Gasteiger partial charge in [0.2, 0.25) is 0 Å². The highest BCUT2D eigenvalue weighted by Crippen LogP contribution is 2.41. The fourth-order valence-corrected chi connectivity index (χ4v) is 5.35. The highest BCUT2D eigenvalue weighted by atomic mass is 32.3. The average Bonchev–Trinajstić information content (AvgIpc) is 3.30. The van der Waals surface area contributed by atoms with Crippen molar-refractivity contribution in [1.82, 2.24) is 20.3 Å². The molecule has 2 aliphatic carbocycles. The summed E-state index contributed by atoms with van der Waals surface area (Å²) in [7, 11) is -4.54. The second-order valence-corrected chi connectivity index (χ2v) is 12.1. The van der Waals surface area contributed by atoms with Gasteiger partial charge in [0, 0.05) is 36.8 Å². The summed E-state index contributed by atoms with van der Waals surface area (Å²) in [4.78, 5) is 29.6. The Labute approximate surface area is 181 Å². The summed E-state index contributed by atoms with van der Waals surface area (Å²) in [5.41, 5.74) is 4.91. The number of amides is 3. The fraction of sp³-hybridized carbons (Fsp3) is 0.500. The molecule has 1 aromatic rings. The molecule has 31 heavy (non-hydrogen) atoms. The van der Waals surface area contributed by atoms with Gasteiger partial charge in [-0.15, -0.1) is 0 Å². The van der Waals surface area contributed by atoms with Crippen molar-refractivity contribution >= 4 is 32.1 Å². The first-order chi connectivity index (χ1) is 14.5. The van der Waals surface area contributed by atoms with E-state index in [0.717, 1.165) is 72.6 Å². The molecule has 1 unspecified atom stereocenters. The second kappa shape index (κ2) is 7.41. The maximum absolute atomic E-state index is 13.4. The highest BCUT2D eigenvalue weighted by Gasteiger charge is 2.35. The zero-order valence-corrected chi connectivity index (χ0v) is 18.6. The molecule has 7 N–H and O–H groups in total. The highest BCUT2D eigenvalue weighted by molar-refractivity contribution is 8.29. The summed E-state index contributed by atoms with van der Waals surface area (Å²) >= 11 is 0. The van der Waals surface area contributed by atoms with Crippen LogP contribution in [0.1, 0.15) is 48.2 Å². The standard InChI is InChI=1S/C20H29N7O3S/c1-11-6-7-13-17(11)25-14-5-3-4-12(14)18(13)26-20(29)27-31(2,22,30)16(21)10-15-19(28)24-9-8-23-15/h10-11,21,23H,3-9H2,1-2H3,(H,24,28)(H4,22,25,26,27,29,30)/b15-10-,21-16?. The average molecular weight is 448 g/mol. The number of nitrogens with zero attached hydrogens (tertiary/aromatic N) is 1. The minimum Gasteiger partial charge on any atom is -0.379 e. The third kappa shape index (κ3) is 4.07. The number of anilines is 1. The van der Waals surface area contributed by atoms with Crippen molar-refractivity contribution in [2.75, 3.05) is 24.7 Å². The Morgan fingerprint density at radius 2 is 2.00 bits per heavy atom. The quantitative estimate of drug-likeness (QED) is 0.221. The molecule has 0 spiro atoms. The van der Waals surface area contributed by atoms with Crippen LogP contribution in [0.4, 0.5) is 10.5 Å². The molecule has 1 aromatic heterocycles. The third-order valence-electron chi connectivity index (χ3n) is 6.03. The zero-order chi connectivity index (χ0) is 22.4. The number of hydrogen-bond acceptors (Lipinski definition) is 6. The summed E-state index contributed by atoms with van der Waals surface area (Å²) in [5, 5.41) is 22.0. The van der Waals surface area contributed by atoms with Crippen LogP contribution in [0.3, 0.4) is 0 Å². The molecular formula is C20H29N7O3S. The van der Waals surface area contributed by atoms with Crippen molar-refractivity contribution < 1.29 is 13.8 Å². The molecule has 0 aromatic carbocycles. The maximum Gasteiger partial charge on any atom is 0.330 e. The normalized spacial score (nSPS) is 22.5. The van der Waals surface area contributed by atoms with Gasteiger partial charge in [-0.1, -0.05) is 6.92 Å². The van der Waals surface area contributed by atoms with Gasteiger partial charge in [-0.25, -0.2) is 9.00 Å². The molecule has 11 heteroatoms. The van der Waals surface area contributed by atoms with Crippen LogP contribution >= 0.6 is 0 Å². The lowest BCUT2D eigenvalue weighted by Gasteiger charge is -2.34. The fourth-order valence-electron chi connectivity index (χ4n) is 4.32. The summed E-state index contributed by atoms with van der Waals surface area (Å²) in [5.74, 6) is -0.0861. The number of nitrogens with two attached hydrogens (primary N) is 1. The van der Waals surface area contributed by atoms with Gasteiger partial charge in [0.25, 0.3) is 5.91 Å². The van der Waals surface area contributed by atoms with Crippen molar-refractivity contribution in [2.45, 2.75) is 44.9 Å². The minimum atomic E-state index is -4.54. The number of urea groups is 1. The Kier molecular flexibility index (Phi) is 5.13. The molecule has 4 rings (SSSR count). The number of hydrogen-bond donors (Lipinski definition) is 6. The van der Waals surface area contributed by atoms with Gasteiger partial charge in [-0.2, -0.15) is 0 Å². The van der Waals surface area contributed by atoms with E-state index in [0.29, 0.717) is 19.0 Å². The number of fused-ring (bicyclic) bond motifs is 2. The van der Waals surface area contributed by atoms with Gasteiger partial charge >= 0.3 is 6.03 Å². The molecule has 168 valence electrons. The topological polar surface area (TPSA) is 162 Å². The summed E-state index contributed by atoms with van der Waals surface area (Å²) in [6, 6.07) is -0.742. The molecule has 10 nitrogen and oxygen atoms in total. The Bertz CT molecular complexity index is 1090. The summed E-state index contributed by atoms with van der Waals surface area (Å²) in [6.07, 6.45) is 6.70. The number of aryl methyl sites for hydroxylation is 1. The van der Waals surface area contributed by atoms with Crippen LogP contribution in [-0.4, -0.2) is 45.5 Å². The van der Waals surface area contributed by atoms with Crippen LogP contribution in [0.25, 0.3) is 0 Å². The lowest BCUT2D eigenvalue weighted by Crippen LogP contribution is -2.62. The Hall–Kier alpha value is -2.79. The molecule has 3 amide bonds. The first kappa shape index (κ1) is 21.4. The number of piperazine rings is 1. The van der Waals surface area contributed by atoms with Crippen molar-refractivity contribution in [3.63, 3.8) is 0 Å². The molecule has 0 bridgehead atoms.